The molecule has 0 aromatic heterocycles. The van der Waals surface area contributed by atoms with Crippen molar-refractivity contribution in [3.63, 3.8) is 0 Å². The molecule has 174 valence electrons. The molecule has 1 rings (SSSR count). The van der Waals surface area contributed by atoms with E-state index in [0.29, 0.717) is 0 Å². The molecule has 0 spiro atoms. The predicted octanol–water partition coefficient (Wildman–Crippen LogP) is -3.05. The zero-order valence-corrected chi connectivity index (χ0v) is 17.2. The lowest BCUT2D eigenvalue weighted by Gasteiger charge is -2.27. The van der Waals surface area contributed by atoms with Crippen LogP contribution in [-0.4, -0.2) is 132 Å². The smallest absolute Gasteiger partial charge is 0.317 e. The number of rotatable bonds is 6. The van der Waals surface area contributed by atoms with E-state index in [2.05, 4.69) is 10.6 Å². The Morgan fingerprint density at radius 2 is 1.00 bits per heavy atom. The van der Waals surface area contributed by atoms with Gasteiger partial charge in [-0.1, -0.05) is 12.2 Å². The largest absolute Gasteiger partial charge is 0.480 e. The monoisotopic (exact) mass is 443 g/mol. The molecular formula is C18H29N5O8. The number of carboxylic acids is 3. The second-order valence-corrected chi connectivity index (χ2v) is 6.96. The van der Waals surface area contributed by atoms with E-state index in [0.717, 1.165) is 0 Å². The summed E-state index contributed by atoms with van der Waals surface area (Å²) in [7, 11) is 0. The molecule has 0 unspecified atom stereocenters. The second-order valence-electron chi connectivity index (χ2n) is 6.96. The van der Waals surface area contributed by atoms with Crippen LogP contribution in [0.5, 0.6) is 0 Å². The van der Waals surface area contributed by atoms with Crippen molar-refractivity contribution in [2.24, 2.45) is 0 Å². The average Bonchev–Trinajstić information content (AvgIpc) is 2.64. The molecule has 0 aromatic carbocycles. The Balaban J connectivity index is 2.95. The lowest BCUT2D eigenvalue weighted by molar-refractivity contribution is -0.141. The standard InChI is InChI=1S/C18H29N5O8/c24-14-9-22(12-17(28)29)7-5-21(11-16(26)27)6-8-23(13-18(30)31)10-15(25)20-4-2-1-3-19-14/h1-2H,3-13H2,(H,19,24)(H,20,25)(H,26,27)(H,28,29)(H,30,31)/b2-1-. The summed E-state index contributed by atoms with van der Waals surface area (Å²) < 4.78 is 0. The predicted molar refractivity (Wildman–Crippen MR) is 107 cm³/mol. The van der Waals surface area contributed by atoms with Gasteiger partial charge in [-0.2, -0.15) is 0 Å². The molecule has 0 aromatic rings. The molecular weight excluding hydrogens is 414 g/mol. The number of aliphatic carboxylic acids is 3. The van der Waals surface area contributed by atoms with Gasteiger partial charge in [0.2, 0.25) is 11.8 Å². The van der Waals surface area contributed by atoms with Crippen LogP contribution < -0.4 is 10.6 Å². The molecule has 31 heavy (non-hydrogen) atoms. The van der Waals surface area contributed by atoms with Gasteiger partial charge < -0.3 is 26.0 Å². The van der Waals surface area contributed by atoms with Gasteiger partial charge in [-0.05, 0) is 0 Å². The topological polar surface area (TPSA) is 180 Å². The minimum Gasteiger partial charge on any atom is -0.480 e. The highest BCUT2D eigenvalue weighted by atomic mass is 16.4. The van der Waals surface area contributed by atoms with Gasteiger partial charge in [-0.15, -0.1) is 0 Å². The molecule has 13 heteroatoms. The van der Waals surface area contributed by atoms with Crippen LogP contribution in [0.1, 0.15) is 0 Å². The van der Waals surface area contributed by atoms with Crippen LogP contribution in [0.3, 0.4) is 0 Å². The molecule has 0 aliphatic carbocycles. The first kappa shape index (κ1) is 26.0. The normalized spacial score (nSPS) is 20.3. The Hall–Kier alpha value is -3.03. The summed E-state index contributed by atoms with van der Waals surface area (Å²) in [5, 5.41) is 32.5. The van der Waals surface area contributed by atoms with E-state index in [-0.39, 0.29) is 58.9 Å². The molecule has 0 fully saturated rings. The number of carbonyl (C=O) groups excluding carboxylic acids is 2. The molecule has 13 nitrogen and oxygen atoms in total. The number of carbonyl (C=O) groups is 5. The SMILES string of the molecule is O=C(O)CN1CCN(CC(=O)O)CC(=O)NC/C=C\CNC(=O)CN(CC(=O)O)CC1. The van der Waals surface area contributed by atoms with Crippen LogP contribution in [0.2, 0.25) is 0 Å². The number of hydrogen-bond acceptors (Lipinski definition) is 8. The third-order valence-corrected chi connectivity index (χ3v) is 4.28. The number of hydrogen-bond donors (Lipinski definition) is 5. The summed E-state index contributed by atoms with van der Waals surface area (Å²) in [6, 6.07) is 0. The number of nitrogens with one attached hydrogen (secondary N) is 2. The van der Waals surface area contributed by atoms with E-state index < -0.39 is 42.8 Å². The summed E-state index contributed by atoms with van der Waals surface area (Å²) in [4.78, 5) is 61.8. The fourth-order valence-electron chi connectivity index (χ4n) is 2.87. The Labute approximate surface area is 179 Å². The lowest BCUT2D eigenvalue weighted by Crippen LogP contribution is -2.47. The Bertz CT molecular complexity index is 636. The van der Waals surface area contributed by atoms with Crippen molar-refractivity contribution in [2.75, 3.05) is 72.0 Å². The van der Waals surface area contributed by atoms with Gasteiger partial charge in [0.1, 0.15) is 0 Å². The minimum absolute atomic E-state index is 0.113. The van der Waals surface area contributed by atoms with Gasteiger partial charge in [-0.3, -0.25) is 38.7 Å². The van der Waals surface area contributed by atoms with Crippen molar-refractivity contribution in [3.8, 4) is 0 Å². The van der Waals surface area contributed by atoms with Crippen LogP contribution in [0.15, 0.2) is 12.2 Å². The zero-order valence-electron chi connectivity index (χ0n) is 17.2. The summed E-state index contributed by atoms with van der Waals surface area (Å²) in [6.07, 6.45) is 3.25. The van der Waals surface area contributed by atoms with Crippen molar-refractivity contribution in [2.45, 2.75) is 0 Å². The maximum Gasteiger partial charge on any atom is 0.317 e. The Kier molecular flexibility index (Phi) is 11.8. The first-order valence-corrected chi connectivity index (χ1v) is 9.66. The fraction of sp³-hybridized carbons (Fsp3) is 0.611. The first-order chi connectivity index (χ1) is 14.7. The van der Waals surface area contributed by atoms with Gasteiger partial charge in [0, 0.05) is 39.3 Å². The average molecular weight is 443 g/mol. The van der Waals surface area contributed by atoms with Crippen molar-refractivity contribution >= 4 is 29.7 Å². The Morgan fingerprint density at radius 1 is 0.677 bits per heavy atom. The van der Waals surface area contributed by atoms with Gasteiger partial charge in [0.15, 0.2) is 0 Å². The number of nitrogens with zero attached hydrogens (tertiary/aromatic N) is 3. The maximum atomic E-state index is 12.1. The van der Waals surface area contributed by atoms with Gasteiger partial charge in [-0.25, -0.2) is 0 Å². The van der Waals surface area contributed by atoms with Gasteiger partial charge >= 0.3 is 17.9 Å². The van der Waals surface area contributed by atoms with Crippen LogP contribution in [0.25, 0.3) is 0 Å². The lowest BCUT2D eigenvalue weighted by atomic mass is 10.3. The van der Waals surface area contributed by atoms with Gasteiger partial charge in [0.05, 0.1) is 32.7 Å². The highest BCUT2D eigenvalue weighted by Crippen LogP contribution is 1.97. The minimum atomic E-state index is -1.12. The van der Waals surface area contributed by atoms with E-state index >= 15 is 0 Å². The van der Waals surface area contributed by atoms with Crippen molar-refractivity contribution in [1.82, 2.24) is 25.3 Å². The zero-order chi connectivity index (χ0) is 23.2. The van der Waals surface area contributed by atoms with Crippen LogP contribution in [-0.2, 0) is 24.0 Å². The summed E-state index contributed by atoms with van der Waals surface area (Å²) in [5.41, 5.74) is 0. The molecule has 1 aliphatic rings. The molecule has 0 saturated heterocycles. The van der Waals surface area contributed by atoms with Crippen LogP contribution in [0, 0.1) is 0 Å². The first-order valence-electron chi connectivity index (χ1n) is 9.66. The third kappa shape index (κ3) is 13.0. The summed E-state index contributed by atoms with van der Waals surface area (Å²) >= 11 is 0. The van der Waals surface area contributed by atoms with Crippen molar-refractivity contribution in [1.29, 1.82) is 0 Å². The van der Waals surface area contributed by atoms with Crippen molar-refractivity contribution in [3.05, 3.63) is 12.2 Å². The molecule has 1 aliphatic heterocycles. The molecule has 1 heterocycles. The molecule has 5 N–H and O–H groups in total. The molecule has 0 radical (unpaired) electrons. The molecule has 2 amide bonds. The maximum absolute atomic E-state index is 12.1. The second kappa shape index (κ2) is 14.1. The van der Waals surface area contributed by atoms with Crippen LogP contribution >= 0.6 is 0 Å². The van der Waals surface area contributed by atoms with E-state index in [1.807, 2.05) is 0 Å². The number of carboxylic acid groups (broad SMARTS) is 3. The van der Waals surface area contributed by atoms with E-state index in [9.17, 15) is 24.0 Å². The highest BCUT2D eigenvalue weighted by Gasteiger charge is 2.19. The van der Waals surface area contributed by atoms with E-state index in [4.69, 9.17) is 15.3 Å². The van der Waals surface area contributed by atoms with Gasteiger partial charge in [0.25, 0.3) is 0 Å². The molecule has 0 saturated carbocycles. The Morgan fingerprint density at radius 3 is 1.35 bits per heavy atom. The quantitative estimate of drug-likeness (QED) is 0.263. The van der Waals surface area contributed by atoms with E-state index in [1.54, 1.807) is 12.2 Å². The summed E-state index contributed by atoms with van der Waals surface area (Å²) in [6.45, 7) is -0.626. The molecule has 0 atom stereocenters. The van der Waals surface area contributed by atoms with Crippen molar-refractivity contribution < 1.29 is 39.3 Å². The highest BCUT2D eigenvalue weighted by molar-refractivity contribution is 5.79. The summed E-state index contributed by atoms with van der Waals surface area (Å²) in [5.74, 6) is -4.14. The molecule has 0 bridgehead atoms. The van der Waals surface area contributed by atoms with E-state index in [1.165, 1.54) is 14.7 Å². The number of amides is 2. The fourth-order valence-corrected chi connectivity index (χ4v) is 2.87. The third-order valence-electron chi connectivity index (χ3n) is 4.28. The van der Waals surface area contributed by atoms with Crippen LogP contribution in [0.4, 0.5) is 0 Å².